The smallest absolute Gasteiger partial charge is 0.317 e. The van der Waals surface area contributed by atoms with Crippen LogP contribution in [0, 0.1) is 5.82 Å². The van der Waals surface area contributed by atoms with E-state index in [1.807, 2.05) is 11.1 Å². The lowest BCUT2D eigenvalue weighted by atomic mass is 9.93. The Balaban J connectivity index is 1.37. The van der Waals surface area contributed by atoms with Crippen molar-refractivity contribution in [2.24, 2.45) is 0 Å². The van der Waals surface area contributed by atoms with Gasteiger partial charge >= 0.3 is 6.03 Å². The molecule has 0 spiro atoms. The average molecular weight is 400 g/mol. The molecule has 1 N–H and O–H groups in total. The van der Waals surface area contributed by atoms with E-state index in [-0.39, 0.29) is 17.9 Å². The maximum atomic E-state index is 13.6. The van der Waals surface area contributed by atoms with Crippen molar-refractivity contribution in [3.63, 3.8) is 0 Å². The van der Waals surface area contributed by atoms with Crippen LogP contribution < -0.4 is 10.1 Å². The van der Waals surface area contributed by atoms with Gasteiger partial charge in [0, 0.05) is 49.1 Å². The van der Waals surface area contributed by atoms with Crippen LogP contribution in [-0.4, -0.2) is 40.4 Å². The second-order valence-electron chi connectivity index (χ2n) is 7.92. The van der Waals surface area contributed by atoms with Crippen molar-refractivity contribution in [3.05, 3.63) is 47.5 Å². The Morgan fingerprint density at radius 3 is 2.90 bits per heavy atom. The highest BCUT2D eigenvalue weighted by molar-refractivity contribution is 5.75. The summed E-state index contributed by atoms with van der Waals surface area (Å²) in [5.41, 5.74) is 2.14. The molecular weight excluding hydrogens is 371 g/mol. The molecule has 1 atom stereocenters. The summed E-state index contributed by atoms with van der Waals surface area (Å²) in [4.78, 5) is 14.8. The third-order valence-corrected chi connectivity index (χ3v) is 5.93. The summed E-state index contributed by atoms with van der Waals surface area (Å²) in [5, 5.41) is 7.59. The number of aryl methyl sites for hydroxylation is 1. The Bertz CT molecular complexity index is 845. The first-order valence-corrected chi connectivity index (χ1v) is 10.6. The summed E-state index contributed by atoms with van der Waals surface area (Å²) in [7, 11) is 0. The highest BCUT2D eigenvalue weighted by atomic mass is 19.1. The number of hydrogen-bond acceptors (Lipinski definition) is 3. The number of rotatable bonds is 4. The van der Waals surface area contributed by atoms with E-state index in [1.54, 1.807) is 6.07 Å². The zero-order valence-corrected chi connectivity index (χ0v) is 16.9. The van der Waals surface area contributed by atoms with Crippen LogP contribution in [0.3, 0.4) is 0 Å². The molecule has 2 aliphatic rings. The molecule has 1 aromatic carbocycles. The lowest BCUT2D eigenvalue weighted by molar-refractivity contribution is 0.176. The quantitative estimate of drug-likeness (QED) is 0.835. The predicted molar refractivity (Wildman–Crippen MR) is 108 cm³/mol. The number of benzene rings is 1. The van der Waals surface area contributed by atoms with Gasteiger partial charge in [0.05, 0.1) is 12.6 Å². The van der Waals surface area contributed by atoms with Crippen LogP contribution in [0.5, 0.6) is 5.75 Å². The third-order valence-electron chi connectivity index (χ3n) is 5.93. The highest BCUT2D eigenvalue weighted by Gasteiger charge is 2.28. The van der Waals surface area contributed by atoms with Gasteiger partial charge in [-0.05, 0) is 44.2 Å². The van der Waals surface area contributed by atoms with Gasteiger partial charge in [0.1, 0.15) is 11.6 Å². The van der Waals surface area contributed by atoms with Gasteiger partial charge in [0.25, 0.3) is 0 Å². The summed E-state index contributed by atoms with van der Waals surface area (Å²) in [6.45, 7) is 5.09. The van der Waals surface area contributed by atoms with Crippen LogP contribution in [0.2, 0.25) is 0 Å². The summed E-state index contributed by atoms with van der Waals surface area (Å²) < 4.78 is 21.3. The van der Waals surface area contributed by atoms with E-state index in [0.717, 1.165) is 57.3 Å². The summed E-state index contributed by atoms with van der Waals surface area (Å²) in [6.07, 6.45) is 6.43. The molecule has 2 aromatic rings. The number of carbonyl (C=O) groups excluding carboxylic acids is 1. The van der Waals surface area contributed by atoms with Gasteiger partial charge in [-0.3, -0.25) is 4.68 Å². The largest absolute Gasteiger partial charge is 0.493 e. The molecule has 0 radical (unpaired) electrons. The van der Waals surface area contributed by atoms with Crippen molar-refractivity contribution in [2.45, 2.75) is 57.5 Å². The third kappa shape index (κ3) is 4.38. The van der Waals surface area contributed by atoms with Gasteiger partial charge in [0.2, 0.25) is 0 Å². The zero-order chi connectivity index (χ0) is 20.2. The highest BCUT2D eigenvalue weighted by Crippen LogP contribution is 2.33. The van der Waals surface area contributed by atoms with E-state index < -0.39 is 0 Å². The van der Waals surface area contributed by atoms with E-state index in [9.17, 15) is 9.18 Å². The molecule has 29 heavy (non-hydrogen) atoms. The molecule has 0 aliphatic carbocycles. The zero-order valence-electron chi connectivity index (χ0n) is 16.9. The monoisotopic (exact) mass is 400 g/mol. The summed E-state index contributed by atoms with van der Waals surface area (Å²) in [6, 6.07) is 6.47. The number of likely N-dealkylation sites (tertiary alicyclic amines) is 1. The fraction of sp³-hybridized carbons (Fsp3) is 0.545. The van der Waals surface area contributed by atoms with Crippen molar-refractivity contribution in [3.8, 4) is 5.75 Å². The van der Waals surface area contributed by atoms with E-state index in [1.165, 1.54) is 17.8 Å². The number of aromatic nitrogens is 2. The fourth-order valence-electron chi connectivity index (χ4n) is 4.40. The van der Waals surface area contributed by atoms with Gasteiger partial charge in [-0.15, -0.1) is 0 Å². The summed E-state index contributed by atoms with van der Waals surface area (Å²) in [5.74, 6) is 0.666. The molecule has 4 rings (SSSR count). The van der Waals surface area contributed by atoms with E-state index >= 15 is 0 Å². The molecule has 0 saturated carbocycles. The van der Waals surface area contributed by atoms with Crippen molar-refractivity contribution >= 4 is 6.03 Å². The van der Waals surface area contributed by atoms with Gasteiger partial charge < -0.3 is 15.0 Å². The van der Waals surface area contributed by atoms with E-state index in [2.05, 4.69) is 28.1 Å². The first kappa shape index (κ1) is 19.7. The molecule has 1 fully saturated rings. The first-order chi connectivity index (χ1) is 14.2. The number of halogens is 1. The Hall–Kier alpha value is -2.57. The van der Waals surface area contributed by atoms with Crippen LogP contribution >= 0.6 is 0 Å². The van der Waals surface area contributed by atoms with Crippen molar-refractivity contribution in [1.82, 2.24) is 20.0 Å². The minimum absolute atomic E-state index is 0.0484. The molecule has 1 saturated heterocycles. The molecule has 3 heterocycles. The Kier molecular flexibility index (Phi) is 6.02. The SMILES string of the molecule is CCCn1nccc1C1CCN(C(=O)NC2CCCOc3cc(F)ccc32)CC1. The molecule has 6 nitrogen and oxygen atoms in total. The Labute approximate surface area is 171 Å². The van der Waals surface area contributed by atoms with Crippen LogP contribution in [0.4, 0.5) is 9.18 Å². The maximum Gasteiger partial charge on any atom is 0.317 e. The molecule has 1 aromatic heterocycles. The van der Waals surface area contributed by atoms with Crippen LogP contribution in [0.1, 0.15) is 62.2 Å². The number of urea groups is 1. The predicted octanol–water partition coefficient (Wildman–Crippen LogP) is 4.24. The summed E-state index contributed by atoms with van der Waals surface area (Å²) >= 11 is 0. The minimum atomic E-state index is -0.319. The number of nitrogens with one attached hydrogen (secondary N) is 1. The first-order valence-electron chi connectivity index (χ1n) is 10.6. The molecule has 2 amide bonds. The number of piperidine rings is 1. The number of fused-ring (bicyclic) bond motifs is 1. The second kappa shape index (κ2) is 8.84. The maximum absolute atomic E-state index is 13.6. The fourth-order valence-corrected chi connectivity index (χ4v) is 4.40. The molecule has 0 bridgehead atoms. The number of nitrogens with zero attached hydrogens (tertiary/aromatic N) is 3. The Morgan fingerprint density at radius 2 is 2.10 bits per heavy atom. The number of hydrogen-bond donors (Lipinski definition) is 1. The molecular formula is C22H29FN4O2. The van der Waals surface area contributed by atoms with Crippen LogP contribution in [-0.2, 0) is 6.54 Å². The van der Waals surface area contributed by atoms with Gasteiger partial charge in [-0.1, -0.05) is 13.0 Å². The molecule has 2 aliphatic heterocycles. The lowest BCUT2D eigenvalue weighted by Crippen LogP contribution is -2.45. The molecule has 156 valence electrons. The molecule has 1 unspecified atom stereocenters. The average Bonchev–Trinajstić information content (AvgIpc) is 3.10. The van der Waals surface area contributed by atoms with E-state index in [4.69, 9.17) is 4.74 Å². The number of amides is 2. The van der Waals surface area contributed by atoms with Crippen LogP contribution in [0.15, 0.2) is 30.5 Å². The van der Waals surface area contributed by atoms with Crippen molar-refractivity contribution in [1.29, 1.82) is 0 Å². The number of carbonyl (C=O) groups is 1. The second-order valence-corrected chi connectivity index (χ2v) is 7.92. The van der Waals surface area contributed by atoms with Crippen LogP contribution in [0.25, 0.3) is 0 Å². The van der Waals surface area contributed by atoms with E-state index in [0.29, 0.717) is 18.3 Å². The standard InChI is InChI=1S/C22H29FN4O2/c1-2-11-27-20(7-10-24-27)16-8-12-26(13-9-16)22(28)25-19-4-3-14-29-21-15-17(23)5-6-18(19)21/h5-7,10,15-16,19H,2-4,8-9,11-14H2,1H3,(H,25,28). The molecule has 7 heteroatoms. The van der Waals surface area contributed by atoms with Crippen molar-refractivity contribution < 1.29 is 13.9 Å². The van der Waals surface area contributed by atoms with Crippen molar-refractivity contribution in [2.75, 3.05) is 19.7 Å². The minimum Gasteiger partial charge on any atom is -0.493 e. The lowest BCUT2D eigenvalue weighted by Gasteiger charge is -2.33. The normalized spacial score (nSPS) is 19.9. The number of ether oxygens (including phenoxy) is 1. The van der Waals surface area contributed by atoms with Gasteiger partial charge in [-0.2, -0.15) is 5.10 Å². The van der Waals surface area contributed by atoms with Gasteiger partial charge in [0.15, 0.2) is 0 Å². The topological polar surface area (TPSA) is 59.4 Å². The van der Waals surface area contributed by atoms with Gasteiger partial charge in [-0.25, -0.2) is 9.18 Å². The Morgan fingerprint density at radius 1 is 1.28 bits per heavy atom.